The van der Waals surface area contributed by atoms with Crippen molar-refractivity contribution < 1.29 is 14.3 Å². The smallest absolute Gasteiger partial charge is 0.273 e. The summed E-state index contributed by atoms with van der Waals surface area (Å²) in [5, 5.41) is 0.886. The van der Waals surface area contributed by atoms with E-state index >= 15 is 0 Å². The van der Waals surface area contributed by atoms with Gasteiger partial charge in [0, 0.05) is 24.9 Å². The van der Waals surface area contributed by atoms with E-state index in [1.807, 2.05) is 0 Å². The summed E-state index contributed by atoms with van der Waals surface area (Å²) in [7, 11) is 3.04. The van der Waals surface area contributed by atoms with Gasteiger partial charge in [-0.3, -0.25) is 29.8 Å². The van der Waals surface area contributed by atoms with Gasteiger partial charge in [-0.2, -0.15) is 0 Å². The lowest BCUT2D eigenvalue weighted by Gasteiger charge is -2.11. The molecule has 29 heavy (non-hydrogen) atoms. The molecule has 0 fully saturated rings. The van der Waals surface area contributed by atoms with Crippen molar-refractivity contribution in [1.29, 1.82) is 0 Å². The monoisotopic (exact) mass is 414 g/mol. The first kappa shape index (κ1) is 20.3. The van der Waals surface area contributed by atoms with E-state index in [1.54, 1.807) is 43.4 Å². The molecule has 3 rings (SSSR count). The maximum atomic E-state index is 12.4. The van der Waals surface area contributed by atoms with Gasteiger partial charge in [-0.15, -0.1) is 0 Å². The number of nitrogens with one attached hydrogen (secondary N) is 2. The number of ether oxygens (including phenoxy) is 1. The fraction of sp³-hybridized carbons (Fsp3) is 0.200. The molecule has 8 nitrogen and oxygen atoms in total. The molecule has 0 atom stereocenters. The van der Waals surface area contributed by atoms with Crippen LogP contribution in [0, 0.1) is 0 Å². The van der Waals surface area contributed by atoms with Crippen molar-refractivity contribution in [3.05, 3.63) is 69.2 Å². The van der Waals surface area contributed by atoms with Crippen molar-refractivity contribution in [2.75, 3.05) is 7.11 Å². The van der Waals surface area contributed by atoms with Crippen LogP contribution in [0.5, 0.6) is 5.75 Å². The quantitative estimate of drug-likeness (QED) is 0.621. The van der Waals surface area contributed by atoms with Gasteiger partial charge in [-0.1, -0.05) is 23.7 Å². The summed E-state index contributed by atoms with van der Waals surface area (Å²) < 4.78 is 6.54. The van der Waals surface area contributed by atoms with Crippen LogP contribution in [0.1, 0.15) is 22.6 Å². The predicted molar refractivity (Wildman–Crippen MR) is 109 cm³/mol. The van der Waals surface area contributed by atoms with Crippen LogP contribution in [-0.2, 0) is 18.3 Å². The zero-order valence-corrected chi connectivity index (χ0v) is 16.6. The van der Waals surface area contributed by atoms with E-state index in [0.29, 0.717) is 27.5 Å². The number of halogens is 1. The average molecular weight is 415 g/mol. The molecule has 0 aliphatic carbocycles. The number of carbonyl (C=O) groups excluding carboxylic acids is 2. The molecule has 0 saturated carbocycles. The summed E-state index contributed by atoms with van der Waals surface area (Å²) >= 11 is 5.91. The number of amides is 2. The van der Waals surface area contributed by atoms with Gasteiger partial charge in [0.1, 0.15) is 11.6 Å². The molecule has 0 bridgehead atoms. The molecular formula is C20H19ClN4O4. The normalized spacial score (nSPS) is 10.6. The molecule has 0 saturated heterocycles. The second-order valence-corrected chi connectivity index (χ2v) is 6.69. The molecule has 9 heteroatoms. The van der Waals surface area contributed by atoms with Crippen LogP contribution >= 0.6 is 11.6 Å². The lowest BCUT2D eigenvalue weighted by Crippen LogP contribution is -2.42. The number of methoxy groups -OCH3 is 1. The minimum absolute atomic E-state index is 0.0333. The molecule has 0 aliphatic heterocycles. The molecule has 1 heterocycles. The fourth-order valence-corrected chi connectivity index (χ4v) is 3.00. The van der Waals surface area contributed by atoms with Crippen LogP contribution in [0.25, 0.3) is 10.9 Å². The highest BCUT2D eigenvalue weighted by atomic mass is 35.5. The van der Waals surface area contributed by atoms with Crippen molar-refractivity contribution in [1.82, 2.24) is 20.4 Å². The zero-order chi connectivity index (χ0) is 21.0. The Balaban J connectivity index is 1.63. The SMILES string of the molecule is COc1ccc(Cl)cc1C(=O)NNC(=O)CCc1nc2ccccc2c(=O)n1C. The Morgan fingerprint density at radius 3 is 2.69 bits per heavy atom. The summed E-state index contributed by atoms with van der Waals surface area (Å²) in [6, 6.07) is 11.6. The number of hydrogen-bond donors (Lipinski definition) is 2. The molecule has 0 radical (unpaired) electrons. The standard InChI is InChI=1S/C20H19ClN4O4/c1-25-17(22-15-6-4-3-5-13(15)20(25)28)9-10-18(26)23-24-19(27)14-11-12(21)7-8-16(14)29-2/h3-8,11H,9-10H2,1-2H3,(H,23,26)(H,24,27). The van der Waals surface area contributed by atoms with Crippen molar-refractivity contribution in [2.24, 2.45) is 7.05 Å². The van der Waals surface area contributed by atoms with Crippen molar-refractivity contribution >= 4 is 34.3 Å². The Morgan fingerprint density at radius 2 is 1.93 bits per heavy atom. The molecule has 0 unspecified atom stereocenters. The Hall–Kier alpha value is -3.39. The average Bonchev–Trinajstić information content (AvgIpc) is 2.73. The fourth-order valence-electron chi connectivity index (χ4n) is 2.83. The summed E-state index contributed by atoms with van der Waals surface area (Å²) in [5.41, 5.74) is 5.26. The van der Waals surface area contributed by atoms with E-state index < -0.39 is 11.8 Å². The third-order valence-corrected chi connectivity index (χ3v) is 4.61. The number of nitrogens with zero attached hydrogens (tertiary/aromatic N) is 2. The highest BCUT2D eigenvalue weighted by Crippen LogP contribution is 2.22. The highest BCUT2D eigenvalue weighted by Gasteiger charge is 2.14. The number of hydrazine groups is 1. The molecular weight excluding hydrogens is 396 g/mol. The number of fused-ring (bicyclic) bond motifs is 1. The minimum atomic E-state index is -0.561. The number of rotatable bonds is 5. The largest absolute Gasteiger partial charge is 0.496 e. The number of para-hydroxylation sites is 1. The maximum absolute atomic E-state index is 12.4. The Labute approximate surface area is 171 Å². The Kier molecular flexibility index (Phi) is 6.13. The lowest BCUT2D eigenvalue weighted by atomic mass is 10.2. The Bertz CT molecular complexity index is 1140. The third kappa shape index (κ3) is 4.55. The minimum Gasteiger partial charge on any atom is -0.496 e. The van der Waals surface area contributed by atoms with E-state index in [-0.39, 0.29) is 24.0 Å². The Morgan fingerprint density at radius 1 is 1.17 bits per heavy atom. The second kappa shape index (κ2) is 8.74. The summed E-state index contributed by atoms with van der Waals surface area (Å²) in [5.74, 6) is -0.182. The number of hydrogen-bond acceptors (Lipinski definition) is 5. The van der Waals surface area contributed by atoms with Crippen LogP contribution in [0.2, 0.25) is 5.02 Å². The number of carbonyl (C=O) groups is 2. The van der Waals surface area contributed by atoms with Crippen molar-refractivity contribution in [3.63, 3.8) is 0 Å². The topological polar surface area (TPSA) is 102 Å². The van der Waals surface area contributed by atoms with Crippen LogP contribution in [-0.4, -0.2) is 28.5 Å². The van der Waals surface area contributed by atoms with E-state index in [2.05, 4.69) is 15.8 Å². The molecule has 0 spiro atoms. The molecule has 0 aliphatic rings. The van der Waals surface area contributed by atoms with Gasteiger partial charge in [-0.05, 0) is 30.3 Å². The first-order valence-corrected chi connectivity index (χ1v) is 9.16. The highest BCUT2D eigenvalue weighted by molar-refractivity contribution is 6.31. The zero-order valence-electron chi connectivity index (χ0n) is 15.9. The first-order chi connectivity index (χ1) is 13.9. The molecule has 1 aromatic heterocycles. The van der Waals surface area contributed by atoms with Gasteiger partial charge in [0.05, 0.1) is 23.6 Å². The van der Waals surface area contributed by atoms with E-state index in [4.69, 9.17) is 16.3 Å². The molecule has 2 amide bonds. The maximum Gasteiger partial charge on any atom is 0.273 e. The number of aryl methyl sites for hydroxylation is 1. The summed E-state index contributed by atoms with van der Waals surface area (Å²) in [6.45, 7) is 0. The van der Waals surface area contributed by atoms with Crippen LogP contribution in [0.15, 0.2) is 47.3 Å². The van der Waals surface area contributed by atoms with Crippen LogP contribution in [0.4, 0.5) is 0 Å². The number of benzene rings is 2. The lowest BCUT2D eigenvalue weighted by molar-refractivity contribution is -0.121. The van der Waals surface area contributed by atoms with Gasteiger partial charge < -0.3 is 4.74 Å². The van der Waals surface area contributed by atoms with Gasteiger partial charge in [-0.25, -0.2) is 4.98 Å². The van der Waals surface area contributed by atoms with Gasteiger partial charge in [0.25, 0.3) is 11.5 Å². The van der Waals surface area contributed by atoms with Gasteiger partial charge in [0.2, 0.25) is 5.91 Å². The van der Waals surface area contributed by atoms with Gasteiger partial charge in [0.15, 0.2) is 0 Å². The van der Waals surface area contributed by atoms with Gasteiger partial charge >= 0.3 is 0 Å². The molecule has 150 valence electrons. The summed E-state index contributed by atoms with van der Waals surface area (Å²) in [6.07, 6.45) is 0.268. The van der Waals surface area contributed by atoms with Crippen LogP contribution < -0.4 is 21.1 Å². The molecule has 2 N–H and O–H groups in total. The van der Waals surface area contributed by atoms with Crippen LogP contribution in [0.3, 0.4) is 0 Å². The van der Waals surface area contributed by atoms with E-state index in [0.717, 1.165) is 0 Å². The summed E-state index contributed by atoms with van der Waals surface area (Å²) in [4.78, 5) is 41.3. The van der Waals surface area contributed by atoms with Crippen molar-refractivity contribution in [3.8, 4) is 5.75 Å². The molecule has 3 aromatic rings. The number of aromatic nitrogens is 2. The predicted octanol–water partition coefficient (Wildman–Crippen LogP) is 1.99. The second-order valence-electron chi connectivity index (χ2n) is 6.26. The third-order valence-electron chi connectivity index (χ3n) is 4.37. The van der Waals surface area contributed by atoms with Crippen molar-refractivity contribution in [2.45, 2.75) is 12.8 Å². The van der Waals surface area contributed by atoms with E-state index in [1.165, 1.54) is 17.7 Å². The first-order valence-electron chi connectivity index (χ1n) is 8.78. The molecule has 2 aromatic carbocycles. The van der Waals surface area contributed by atoms with E-state index in [9.17, 15) is 14.4 Å².